The number of primary amides is 1. The molecule has 1 aromatic heterocycles. The minimum Gasteiger partial charge on any atom is -0.424 e. The second kappa shape index (κ2) is 15.1. The van der Waals surface area contributed by atoms with Crippen molar-refractivity contribution in [1.82, 2.24) is 15.0 Å². The zero-order chi connectivity index (χ0) is 29.9. The topological polar surface area (TPSA) is 109 Å². The maximum absolute atomic E-state index is 11.4. The van der Waals surface area contributed by atoms with Gasteiger partial charge in [-0.3, -0.25) is 4.79 Å². The van der Waals surface area contributed by atoms with Crippen LogP contribution in [0, 0.1) is 0 Å². The van der Waals surface area contributed by atoms with Crippen LogP contribution in [-0.2, 0) is 6.42 Å². The summed E-state index contributed by atoms with van der Waals surface area (Å²) in [7, 11) is 0. The molecular weight excluding hydrogens is 540 g/mol. The number of hydrogen-bond acceptors (Lipinski definition) is 7. The Morgan fingerprint density at radius 2 is 1.16 bits per heavy atom. The van der Waals surface area contributed by atoms with E-state index in [2.05, 4.69) is 46.1 Å². The maximum Gasteiger partial charge on any atom is 0.331 e. The predicted octanol–water partition coefficient (Wildman–Crippen LogP) is 8.91. The molecule has 1 aliphatic carbocycles. The summed E-state index contributed by atoms with van der Waals surface area (Å²) < 4.78 is 17.9. The van der Waals surface area contributed by atoms with Gasteiger partial charge in [0.1, 0.15) is 17.2 Å². The second-order valence-corrected chi connectivity index (χ2v) is 11.1. The van der Waals surface area contributed by atoms with E-state index in [-0.39, 0.29) is 18.0 Å². The van der Waals surface area contributed by atoms with E-state index in [0.29, 0.717) is 28.7 Å². The zero-order valence-corrected chi connectivity index (χ0v) is 24.8. The molecule has 0 atom stereocenters. The van der Waals surface area contributed by atoms with Crippen molar-refractivity contribution in [2.45, 2.75) is 83.5 Å². The number of aryl methyl sites for hydroxylation is 1. The van der Waals surface area contributed by atoms with Gasteiger partial charge in [0.15, 0.2) is 0 Å². The van der Waals surface area contributed by atoms with E-state index in [1.165, 1.54) is 75.3 Å². The minimum atomic E-state index is -0.518. The van der Waals surface area contributed by atoms with E-state index in [4.69, 9.17) is 19.9 Å². The molecular formula is C35H40N4O4. The van der Waals surface area contributed by atoms with Gasteiger partial charge in [0, 0.05) is 5.56 Å². The van der Waals surface area contributed by atoms with E-state index in [0.717, 1.165) is 6.42 Å². The molecule has 0 aliphatic heterocycles. The number of hydrogen-bond donors (Lipinski definition) is 1. The predicted molar refractivity (Wildman–Crippen MR) is 166 cm³/mol. The van der Waals surface area contributed by atoms with Gasteiger partial charge in [0.25, 0.3) is 0 Å². The molecule has 0 bridgehead atoms. The highest BCUT2D eigenvalue weighted by atomic mass is 16.5. The Kier molecular flexibility index (Phi) is 10.6. The van der Waals surface area contributed by atoms with Crippen LogP contribution < -0.4 is 19.9 Å². The van der Waals surface area contributed by atoms with Gasteiger partial charge in [0.05, 0.1) is 0 Å². The Bertz CT molecular complexity index is 1450. The van der Waals surface area contributed by atoms with E-state index in [9.17, 15) is 4.79 Å². The SMILES string of the molecule is CCCCCCCc1ccc(Oc2nc(Oc3ccc(C(N)=O)cc3)nc(Oc3ccc(C4CCCCC4)cc3)n2)cc1. The fraction of sp³-hybridized carbons (Fsp3) is 0.371. The maximum atomic E-state index is 11.4. The summed E-state index contributed by atoms with van der Waals surface area (Å²) >= 11 is 0. The largest absolute Gasteiger partial charge is 0.424 e. The van der Waals surface area contributed by atoms with Gasteiger partial charge in [-0.15, -0.1) is 15.0 Å². The molecule has 5 rings (SSSR count). The zero-order valence-electron chi connectivity index (χ0n) is 24.8. The van der Waals surface area contributed by atoms with Gasteiger partial charge in [-0.25, -0.2) is 0 Å². The van der Waals surface area contributed by atoms with Crippen LogP contribution in [0.1, 0.15) is 98.5 Å². The Morgan fingerprint density at radius 3 is 1.67 bits per heavy atom. The second-order valence-electron chi connectivity index (χ2n) is 11.1. The van der Waals surface area contributed by atoms with Gasteiger partial charge < -0.3 is 19.9 Å². The van der Waals surface area contributed by atoms with Gasteiger partial charge in [-0.2, -0.15) is 0 Å². The molecule has 0 radical (unpaired) electrons. The number of benzene rings is 3. The van der Waals surface area contributed by atoms with Gasteiger partial charge >= 0.3 is 18.0 Å². The number of carbonyl (C=O) groups is 1. The highest BCUT2D eigenvalue weighted by Gasteiger charge is 2.17. The molecule has 224 valence electrons. The van der Waals surface area contributed by atoms with Crippen LogP contribution in [-0.4, -0.2) is 20.9 Å². The average Bonchev–Trinajstić information content (AvgIpc) is 3.03. The summed E-state index contributed by atoms with van der Waals surface area (Å²) in [5.74, 6) is 1.72. The molecule has 0 spiro atoms. The number of rotatable bonds is 14. The lowest BCUT2D eigenvalue weighted by Gasteiger charge is -2.22. The molecule has 3 aromatic carbocycles. The van der Waals surface area contributed by atoms with Gasteiger partial charge in [-0.05, 0) is 91.3 Å². The summed E-state index contributed by atoms with van der Waals surface area (Å²) in [5.41, 5.74) is 8.33. The summed E-state index contributed by atoms with van der Waals surface area (Å²) in [5, 5.41) is 0. The van der Waals surface area contributed by atoms with E-state index in [1.807, 2.05) is 24.3 Å². The van der Waals surface area contributed by atoms with Crippen molar-refractivity contribution >= 4 is 5.91 Å². The first kappa shape index (κ1) is 30.0. The number of aromatic nitrogens is 3. The standard InChI is InChI=1S/C35H40N4O4/c1-2-3-4-5-7-10-25-13-19-29(20-14-25)41-33-37-34(39-35(38-33)43-31-23-17-28(18-24-31)32(36)40)42-30-21-15-27(16-22-30)26-11-8-6-9-12-26/h13-24,26H,2-12H2,1H3,(H2,36,40). The van der Waals surface area contributed by atoms with Crippen molar-refractivity contribution in [3.8, 4) is 35.3 Å². The molecule has 1 fully saturated rings. The lowest BCUT2D eigenvalue weighted by atomic mass is 9.84. The molecule has 43 heavy (non-hydrogen) atoms. The molecule has 1 saturated carbocycles. The molecule has 1 aliphatic rings. The Hall–Kier alpha value is -4.46. The highest BCUT2D eigenvalue weighted by molar-refractivity contribution is 5.92. The van der Waals surface area contributed by atoms with Crippen molar-refractivity contribution in [3.63, 3.8) is 0 Å². The minimum absolute atomic E-state index is 0.00523. The van der Waals surface area contributed by atoms with Gasteiger partial charge in [-0.1, -0.05) is 76.1 Å². The molecule has 4 aromatic rings. The van der Waals surface area contributed by atoms with E-state index in [1.54, 1.807) is 24.3 Å². The monoisotopic (exact) mass is 580 g/mol. The average molecular weight is 581 g/mol. The van der Waals surface area contributed by atoms with Crippen molar-refractivity contribution in [2.75, 3.05) is 0 Å². The van der Waals surface area contributed by atoms with Crippen LogP contribution in [0.3, 0.4) is 0 Å². The molecule has 0 saturated heterocycles. The van der Waals surface area contributed by atoms with Crippen LogP contribution in [0.15, 0.2) is 72.8 Å². The van der Waals surface area contributed by atoms with Gasteiger partial charge in [0.2, 0.25) is 5.91 Å². The van der Waals surface area contributed by atoms with E-state index >= 15 is 0 Å². The molecule has 8 nitrogen and oxygen atoms in total. The third kappa shape index (κ3) is 9.01. The number of nitrogens with zero attached hydrogens (tertiary/aromatic N) is 3. The van der Waals surface area contributed by atoms with Crippen molar-refractivity contribution < 1.29 is 19.0 Å². The van der Waals surface area contributed by atoms with Crippen LogP contribution >= 0.6 is 0 Å². The lowest BCUT2D eigenvalue weighted by molar-refractivity contribution is 0.1000. The molecule has 2 N–H and O–H groups in total. The van der Waals surface area contributed by atoms with Crippen LogP contribution in [0.5, 0.6) is 35.3 Å². The van der Waals surface area contributed by atoms with Crippen LogP contribution in [0.4, 0.5) is 0 Å². The Labute approximate surface area is 253 Å². The third-order valence-corrected chi connectivity index (χ3v) is 7.79. The van der Waals surface area contributed by atoms with Crippen molar-refractivity contribution in [2.24, 2.45) is 5.73 Å². The molecule has 0 unspecified atom stereocenters. The number of unbranched alkanes of at least 4 members (excludes halogenated alkanes) is 4. The molecule has 8 heteroatoms. The summed E-state index contributed by atoms with van der Waals surface area (Å²) in [6.07, 6.45) is 13.6. The summed E-state index contributed by atoms with van der Waals surface area (Å²) in [6, 6.07) is 22.6. The Morgan fingerprint density at radius 1 is 0.674 bits per heavy atom. The quantitative estimate of drug-likeness (QED) is 0.148. The normalized spacial score (nSPS) is 13.4. The van der Waals surface area contributed by atoms with Crippen LogP contribution in [0.25, 0.3) is 0 Å². The number of nitrogens with two attached hydrogens (primary N) is 1. The van der Waals surface area contributed by atoms with Crippen molar-refractivity contribution in [1.29, 1.82) is 0 Å². The number of carbonyl (C=O) groups excluding carboxylic acids is 1. The first-order valence-corrected chi connectivity index (χ1v) is 15.4. The van der Waals surface area contributed by atoms with Crippen molar-refractivity contribution in [3.05, 3.63) is 89.5 Å². The number of amides is 1. The number of ether oxygens (including phenoxy) is 3. The first-order chi connectivity index (χ1) is 21.1. The fourth-order valence-electron chi connectivity index (χ4n) is 5.36. The Balaban J connectivity index is 1.31. The smallest absolute Gasteiger partial charge is 0.331 e. The summed E-state index contributed by atoms with van der Waals surface area (Å²) in [4.78, 5) is 24.6. The molecule has 1 amide bonds. The first-order valence-electron chi connectivity index (χ1n) is 15.4. The van der Waals surface area contributed by atoms with Crippen LogP contribution in [0.2, 0.25) is 0 Å². The molecule has 1 heterocycles. The highest BCUT2D eigenvalue weighted by Crippen LogP contribution is 2.34. The third-order valence-electron chi connectivity index (χ3n) is 7.79. The fourth-order valence-corrected chi connectivity index (χ4v) is 5.36. The lowest BCUT2D eigenvalue weighted by Crippen LogP contribution is -2.10. The summed E-state index contributed by atoms with van der Waals surface area (Å²) in [6.45, 7) is 2.23. The van der Waals surface area contributed by atoms with E-state index < -0.39 is 5.91 Å².